The Morgan fingerprint density at radius 2 is 1.73 bits per heavy atom. The van der Waals surface area contributed by atoms with Gasteiger partial charge in [-0.2, -0.15) is 0 Å². The highest BCUT2D eigenvalue weighted by atomic mass is 32.1. The topological polar surface area (TPSA) is 95.9 Å². The molecule has 0 spiro atoms. The van der Waals surface area contributed by atoms with Crippen LogP contribution in [-0.4, -0.2) is 28.5 Å². The second-order valence-corrected chi connectivity index (χ2v) is 7.02. The van der Waals surface area contributed by atoms with E-state index in [2.05, 4.69) is 10.1 Å². The molecule has 0 aliphatic heterocycles. The number of aromatic carboxylic acids is 1. The van der Waals surface area contributed by atoms with Crippen LogP contribution >= 0.6 is 11.3 Å². The fraction of sp³-hybridized carbons (Fsp3) is 0.100. The summed E-state index contributed by atoms with van der Waals surface area (Å²) in [7, 11) is 0. The maximum Gasteiger partial charge on any atom is 0.573 e. The van der Waals surface area contributed by atoms with Gasteiger partial charge in [-0.15, -0.1) is 24.5 Å². The molecule has 1 aromatic heterocycles. The Labute approximate surface area is 172 Å². The molecule has 0 unspecified atom stereocenters. The number of amides is 1. The number of carbonyl (C=O) groups excluding carboxylic acids is 1. The van der Waals surface area contributed by atoms with Gasteiger partial charge in [0.2, 0.25) is 0 Å². The van der Waals surface area contributed by atoms with E-state index < -0.39 is 18.2 Å². The lowest BCUT2D eigenvalue weighted by Crippen LogP contribution is -2.21. The Bertz CT molecular complexity index is 1080. The van der Waals surface area contributed by atoms with Crippen LogP contribution < -0.4 is 10.1 Å². The normalized spacial score (nSPS) is 11.2. The van der Waals surface area contributed by atoms with Gasteiger partial charge in [-0.25, -0.2) is 4.79 Å². The first-order valence-corrected chi connectivity index (χ1v) is 9.28. The summed E-state index contributed by atoms with van der Waals surface area (Å²) < 4.78 is 40.5. The monoisotopic (exact) mass is 437 g/mol. The summed E-state index contributed by atoms with van der Waals surface area (Å²) in [6.07, 6.45) is -4.77. The maximum atomic E-state index is 12.3. The number of hydrogen-bond donors (Lipinski definition) is 3. The molecule has 3 aromatic rings. The molecule has 1 heterocycles. The molecule has 1 amide bonds. The summed E-state index contributed by atoms with van der Waals surface area (Å²) in [5.74, 6) is -2.38. The minimum absolute atomic E-state index is 0.0517. The first kappa shape index (κ1) is 21.2. The molecule has 0 bridgehead atoms. The third-order valence-electron chi connectivity index (χ3n) is 3.99. The zero-order chi connectivity index (χ0) is 21.9. The van der Waals surface area contributed by atoms with Crippen molar-refractivity contribution in [2.24, 2.45) is 0 Å². The number of rotatable bonds is 6. The molecule has 3 rings (SSSR count). The van der Waals surface area contributed by atoms with E-state index in [0.717, 1.165) is 11.3 Å². The summed E-state index contributed by atoms with van der Waals surface area (Å²) in [4.78, 5) is 23.8. The zero-order valence-corrected chi connectivity index (χ0v) is 15.9. The molecule has 6 nitrogen and oxygen atoms in total. The number of halogens is 3. The van der Waals surface area contributed by atoms with Crippen LogP contribution in [0.5, 0.6) is 11.5 Å². The smallest absolute Gasteiger partial charge is 0.507 e. The molecule has 0 saturated heterocycles. The molecule has 0 radical (unpaired) electrons. The van der Waals surface area contributed by atoms with E-state index in [1.54, 1.807) is 11.4 Å². The predicted molar refractivity (Wildman–Crippen MR) is 103 cm³/mol. The van der Waals surface area contributed by atoms with E-state index in [-0.39, 0.29) is 23.6 Å². The molecule has 10 heteroatoms. The van der Waals surface area contributed by atoms with Crippen molar-refractivity contribution in [3.8, 4) is 22.6 Å². The Morgan fingerprint density at radius 1 is 1.03 bits per heavy atom. The Balaban J connectivity index is 1.65. The van der Waals surface area contributed by atoms with E-state index in [1.807, 2.05) is 0 Å². The summed E-state index contributed by atoms with van der Waals surface area (Å²) in [5, 5.41) is 22.9. The van der Waals surface area contributed by atoms with Crippen LogP contribution in [0.4, 0.5) is 13.2 Å². The lowest BCUT2D eigenvalue weighted by atomic mass is 10.1. The molecule has 0 aliphatic carbocycles. The van der Waals surface area contributed by atoms with Crippen LogP contribution in [0.15, 0.2) is 53.9 Å². The van der Waals surface area contributed by atoms with Crippen LogP contribution in [0.3, 0.4) is 0 Å². The van der Waals surface area contributed by atoms with Gasteiger partial charge in [0, 0.05) is 6.54 Å². The number of phenols is 1. The van der Waals surface area contributed by atoms with Gasteiger partial charge in [-0.05, 0) is 52.4 Å². The fourth-order valence-corrected chi connectivity index (χ4v) is 3.42. The molecule has 3 N–H and O–H groups in total. The highest BCUT2D eigenvalue weighted by molar-refractivity contribution is 7.12. The van der Waals surface area contributed by atoms with Gasteiger partial charge in [0.25, 0.3) is 5.91 Å². The number of alkyl halides is 3. The van der Waals surface area contributed by atoms with Crippen LogP contribution in [-0.2, 0) is 6.54 Å². The lowest BCUT2D eigenvalue weighted by Gasteiger charge is -2.08. The van der Waals surface area contributed by atoms with Crippen molar-refractivity contribution in [3.63, 3.8) is 0 Å². The first-order valence-electron chi connectivity index (χ1n) is 8.40. The van der Waals surface area contributed by atoms with Crippen LogP contribution in [0.1, 0.15) is 25.6 Å². The van der Waals surface area contributed by atoms with Crippen molar-refractivity contribution in [2.75, 3.05) is 0 Å². The summed E-state index contributed by atoms with van der Waals surface area (Å²) >= 11 is 1.15. The fourth-order valence-electron chi connectivity index (χ4n) is 2.59. The SMILES string of the molecule is O=C(NCc1ccc(O)c(C(=O)O)c1)c1cc(-c2ccc(OC(F)(F)F)cc2)cs1. The van der Waals surface area contributed by atoms with E-state index >= 15 is 0 Å². The van der Waals surface area contributed by atoms with E-state index in [9.17, 15) is 27.9 Å². The minimum Gasteiger partial charge on any atom is -0.507 e. The number of benzene rings is 2. The highest BCUT2D eigenvalue weighted by Gasteiger charge is 2.31. The Kier molecular flexibility index (Phi) is 5.97. The molecule has 0 saturated carbocycles. The summed E-state index contributed by atoms with van der Waals surface area (Å²) in [5.41, 5.74) is 1.50. The molecule has 30 heavy (non-hydrogen) atoms. The van der Waals surface area contributed by atoms with Gasteiger partial charge < -0.3 is 20.3 Å². The molecular weight excluding hydrogens is 423 g/mol. The van der Waals surface area contributed by atoms with Gasteiger partial charge in [0.1, 0.15) is 17.1 Å². The van der Waals surface area contributed by atoms with Crippen molar-refractivity contribution in [1.82, 2.24) is 5.32 Å². The minimum atomic E-state index is -4.77. The summed E-state index contributed by atoms with van der Waals surface area (Å²) in [6, 6.07) is 10.9. The van der Waals surface area contributed by atoms with Crippen molar-refractivity contribution < 1.29 is 37.7 Å². The maximum absolute atomic E-state index is 12.3. The molecular formula is C20H14F3NO5S. The Hall–Kier alpha value is -3.53. The predicted octanol–water partition coefficient (Wildman–Crippen LogP) is 4.65. The first-order chi connectivity index (χ1) is 14.1. The van der Waals surface area contributed by atoms with Gasteiger partial charge in [0.05, 0.1) is 4.88 Å². The quantitative estimate of drug-likeness (QED) is 0.522. The number of thiophene rings is 1. The zero-order valence-electron chi connectivity index (χ0n) is 15.1. The largest absolute Gasteiger partial charge is 0.573 e. The van der Waals surface area contributed by atoms with Crippen molar-refractivity contribution >= 4 is 23.2 Å². The average Bonchev–Trinajstić information content (AvgIpc) is 3.16. The second kappa shape index (κ2) is 8.46. The lowest BCUT2D eigenvalue weighted by molar-refractivity contribution is -0.274. The van der Waals surface area contributed by atoms with Crippen LogP contribution in [0.2, 0.25) is 0 Å². The second-order valence-electron chi connectivity index (χ2n) is 6.11. The number of hydrogen-bond acceptors (Lipinski definition) is 5. The van der Waals surface area contributed by atoms with Gasteiger partial charge in [-0.3, -0.25) is 4.79 Å². The van der Waals surface area contributed by atoms with E-state index in [4.69, 9.17) is 5.11 Å². The number of aromatic hydroxyl groups is 1. The number of carboxylic acids is 1. The third kappa shape index (κ3) is 5.29. The van der Waals surface area contributed by atoms with Crippen molar-refractivity contribution in [3.05, 3.63) is 69.9 Å². The highest BCUT2D eigenvalue weighted by Crippen LogP contribution is 2.29. The average molecular weight is 437 g/mol. The molecule has 0 atom stereocenters. The molecule has 2 aromatic carbocycles. The standard InChI is InChI=1S/C20H14F3NO5S/c21-20(22,23)29-14-4-2-12(3-5-14)13-8-17(30-10-13)18(26)24-9-11-1-6-16(25)15(7-11)19(27)28/h1-8,10,25H,9H2,(H,24,26)(H,27,28). The number of carboxylic acid groups (broad SMARTS) is 1. The summed E-state index contributed by atoms with van der Waals surface area (Å²) in [6.45, 7) is 0.0517. The van der Waals surface area contributed by atoms with Crippen LogP contribution in [0, 0.1) is 0 Å². The third-order valence-corrected chi connectivity index (χ3v) is 4.92. The molecule has 0 fully saturated rings. The molecule has 156 valence electrons. The van der Waals surface area contributed by atoms with Crippen molar-refractivity contribution in [2.45, 2.75) is 12.9 Å². The van der Waals surface area contributed by atoms with E-state index in [1.165, 1.54) is 42.5 Å². The van der Waals surface area contributed by atoms with Crippen LogP contribution in [0.25, 0.3) is 11.1 Å². The number of nitrogens with one attached hydrogen (secondary N) is 1. The van der Waals surface area contributed by atoms with Crippen molar-refractivity contribution in [1.29, 1.82) is 0 Å². The molecule has 0 aliphatic rings. The number of carbonyl (C=O) groups is 2. The van der Waals surface area contributed by atoms with Gasteiger partial charge >= 0.3 is 12.3 Å². The Morgan fingerprint density at radius 3 is 2.37 bits per heavy atom. The van der Waals surface area contributed by atoms with Gasteiger partial charge in [0.15, 0.2) is 0 Å². The van der Waals surface area contributed by atoms with Gasteiger partial charge in [-0.1, -0.05) is 18.2 Å². The number of ether oxygens (including phenoxy) is 1. The van der Waals surface area contributed by atoms with E-state index in [0.29, 0.717) is 21.6 Å².